The summed E-state index contributed by atoms with van der Waals surface area (Å²) in [5.41, 5.74) is 2.74. The Hall–Kier alpha value is -2.34. The fraction of sp³-hybridized carbons (Fsp3) is 0.350. The van der Waals surface area contributed by atoms with E-state index >= 15 is 0 Å². The molecule has 2 aromatic rings. The third kappa shape index (κ3) is 5.33. The minimum atomic E-state index is -0.853. The Morgan fingerprint density at radius 2 is 2.00 bits per heavy atom. The lowest BCUT2D eigenvalue weighted by molar-refractivity contribution is -0.129. The van der Waals surface area contributed by atoms with E-state index in [1.54, 1.807) is 25.3 Å². The second kappa shape index (κ2) is 9.38. The number of rotatable bonds is 7. The molecule has 138 valence electrons. The molecule has 2 rings (SSSR count). The molecule has 5 nitrogen and oxygen atoms in total. The first-order valence-corrected chi connectivity index (χ1v) is 9.42. The number of amides is 1. The molecule has 26 heavy (non-hydrogen) atoms. The Bertz CT molecular complexity index is 792. The first kappa shape index (κ1) is 20.0. The second-order valence-corrected chi connectivity index (χ2v) is 7.11. The molecule has 0 spiro atoms. The summed E-state index contributed by atoms with van der Waals surface area (Å²) < 4.78 is 5.31. The number of benzene rings is 1. The normalized spacial score (nSPS) is 11.7. The zero-order valence-corrected chi connectivity index (χ0v) is 16.4. The van der Waals surface area contributed by atoms with Gasteiger partial charge in [0, 0.05) is 17.6 Å². The van der Waals surface area contributed by atoms with Crippen LogP contribution in [0.15, 0.2) is 46.5 Å². The fourth-order valence-corrected chi connectivity index (χ4v) is 3.16. The number of carbonyl (C=O) groups excluding carboxylic acids is 2. The van der Waals surface area contributed by atoms with Crippen molar-refractivity contribution >= 4 is 23.6 Å². The SMILES string of the molecule is CCCNC(=O)[C@@H](C)OC(=O)c1cccnc1Sc1ccc(C)c(C)c1. The molecule has 0 aliphatic rings. The number of nitrogens with one attached hydrogen (secondary N) is 1. The fourth-order valence-electron chi connectivity index (χ4n) is 2.19. The van der Waals surface area contributed by atoms with Gasteiger partial charge < -0.3 is 10.1 Å². The summed E-state index contributed by atoms with van der Waals surface area (Å²) >= 11 is 1.40. The molecule has 0 saturated carbocycles. The third-order valence-electron chi connectivity index (χ3n) is 3.89. The van der Waals surface area contributed by atoms with Crippen molar-refractivity contribution in [3.63, 3.8) is 0 Å². The van der Waals surface area contributed by atoms with Gasteiger partial charge in [0.25, 0.3) is 5.91 Å². The van der Waals surface area contributed by atoms with E-state index in [1.165, 1.54) is 22.9 Å². The zero-order chi connectivity index (χ0) is 19.1. The van der Waals surface area contributed by atoms with Crippen molar-refractivity contribution in [3.05, 3.63) is 53.2 Å². The van der Waals surface area contributed by atoms with Crippen LogP contribution in [-0.4, -0.2) is 29.5 Å². The number of hydrogen-bond acceptors (Lipinski definition) is 5. The van der Waals surface area contributed by atoms with Crippen molar-refractivity contribution in [2.75, 3.05) is 6.54 Å². The maximum absolute atomic E-state index is 12.5. The van der Waals surface area contributed by atoms with E-state index in [9.17, 15) is 9.59 Å². The first-order valence-electron chi connectivity index (χ1n) is 8.61. The summed E-state index contributed by atoms with van der Waals surface area (Å²) in [5, 5.41) is 3.28. The van der Waals surface area contributed by atoms with Crippen molar-refractivity contribution in [3.8, 4) is 0 Å². The Balaban J connectivity index is 2.13. The molecule has 1 heterocycles. The Morgan fingerprint density at radius 3 is 2.69 bits per heavy atom. The van der Waals surface area contributed by atoms with Crippen LogP contribution < -0.4 is 5.32 Å². The molecule has 0 bridgehead atoms. The van der Waals surface area contributed by atoms with Crippen LogP contribution in [0.2, 0.25) is 0 Å². The predicted octanol–water partition coefficient (Wildman–Crippen LogP) is 3.92. The van der Waals surface area contributed by atoms with Gasteiger partial charge in [-0.1, -0.05) is 24.8 Å². The maximum Gasteiger partial charge on any atom is 0.341 e. The number of nitrogens with zero attached hydrogens (tertiary/aromatic N) is 1. The summed E-state index contributed by atoms with van der Waals surface area (Å²) in [7, 11) is 0. The maximum atomic E-state index is 12.5. The van der Waals surface area contributed by atoms with Crippen LogP contribution in [0.25, 0.3) is 0 Å². The quantitative estimate of drug-likeness (QED) is 0.746. The topological polar surface area (TPSA) is 68.3 Å². The summed E-state index contributed by atoms with van der Waals surface area (Å²) in [6, 6.07) is 9.44. The van der Waals surface area contributed by atoms with E-state index in [0.717, 1.165) is 11.3 Å². The molecule has 0 saturated heterocycles. The van der Waals surface area contributed by atoms with E-state index in [1.807, 2.05) is 26.0 Å². The van der Waals surface area contributed by atoms with E-state index in [4.69, 9.17) is 4.74 Å². The van der Waals surface area contributed by atoms with Crippen molar-refractivity contribution in [1.82, 2.24) is 10.3 Å². The van der Waals surface area contributed by atoms with Gasteiger partial charge in [-0.3, -0.25) is 4.79 Å². The molecular formula is C20H24N2O3S. The number of esters is 1. The zero-order valence-electron chi connectivity index (χ0n) is 15.5. The number of hydrogen-bond donors (Lipinski definition) is 1. The lowest BCUT2D eigenvalue weighted by atomic mass is 10.1. The Labute approximate surface area is 158 Å². The molecule has 0 radical (unpaired) electrons. The summed E-state index contributed by atoms with van der Waals surface area (Å²) in [4.78, 5) is 29.7. The van der Waals surface area contributed by atoms with Gasteiger partial charge in [-0.05, 0) is 62.6 Å². The van der Waals surface area contributed by atoms with Crippen molar-refractivity contribution < 1.29 is 14.3 Å². The highest BCUT2D eigenvalue weighted by atomic mass is 32.2. The highest BCUT2D eigenvalue weighted by Gasteiger charge is 2.21. The minimum absolute atomic E-state index is 0.299. The van der Waals surface area contributed by atoms with Crippen LogP contribution in [0.5, 0.6) is 0 Å². The minimum Gasteiger partial charge on any atom is -0.449 e. The predicted molar refractivity (Wildman–Crippen MR) is 102 cm³/mol. The highest BCUT2D eigenvalue weighted by molar-refractivity contribution is 7.99. The van der Waals surface area contributed by atoms with Crippen LogP contribution in [0.1, 0.15) is 41.8 Å². The van der Waals surface area contributed by atoms with Crippen LogP contribution in [0, 0.1) is 13.8 Å². The monoisotopic (exact) mass is 372 g/mol. The molecule has 0 aliphatic carbocycles. The Kier molecular flexibility index (Phi) is 7.21. The van der Waals surface area contributed by atoms with E-state index in [-0.39, 0.29) is 5.91 Å². The largest absolute Gasteiger partial charge is 0.449 e. The lowest BCUT2D eigenvalue weighted by Gasteiger charge is -2.14. The van der Waals surface area contributed by atoms with Gasteiger partial charge >= 0.3 is 5.97 Å². The molecule has 1 amide bonds. The van der Waals surface area contributed by atoms with Gasteiger partial charge in [0.1, 0.15) is 5.03 Å². The number of pyridine rings is 1. The lowest BCUT2D eigenvalue weighted by Crippen LogP contribution is -2.36. The molecule has 6 heteroatoms. The van der Waals surface area contributed by atoms with Gasteiger partial charge in [0.15, 0.2) is 6.10 Å². The third-order valence-corrected chi connectivity index (χ3v) is 4.89. The number of ether oxygens (including phenoxy) is 1. The number of aryl methyl sites for hydroxylation is 2. The van der Waals surface area contributed by atoms with Crippen molar-refractivity contribution in [2.24, 2.45) is 0 Å². The second-order valence-electron chi connectivity index (χ2n) is 6.04. The van der Waals surface area contributed by atoms with Gasteiger partial charge in [-0.25, -0.2) is 9.78 Å². The summed E-state index contributed by atoms with van der Waals surface area (Å²) in [5.74, 6) is -0.851. The molecule has 1 aromatic heterocycles. The Morgan fingerprint density at radius 1 is 1.23 bits per heavy atom. The van der Waals surface area contributed by atoms with E-state index in [2.05, 4.69) is 23.3 Å². The molecule has 1 aromatic carbocycles. The standard InChI is InChI=1S/C20H24N2O3S/c1-5-10-21-18(23)15(4)25-20(24)17-7-6-11-22-19(17)26-16-9-8-13(2)14(3)12-16/h6-9,11-12,15H,5,10H2,1-4H3,(H,21,23)/t15-/m1/s1. The van der Waals surface area contributed by atoms with Gasteiger partial charge in [0.2, 0.25) is 0 Å². The summed E-state index contributed by atoms with van der Waals surface area (Å²) in [6.07, 6.45) is 1.61. The van der Waals surface area contributed by atoms with Crippen LogP contribution >= 0.6 is 11.8 Å². The molecule has 1 N–H and O–H groups in total. The molecule has 0 fully saturated rings. The van der Waals surface area contributed by atoms with Gasteiger partial charge in [-0.2, -0.15) is 0 Å². The number of carbonyl (C=O) groups is 2. The molecule has 1 atom stereocenters. The van der Waals surface area contributed by atoms with Crippen LogP contribution in [-0.2, 0) is 9.53 Å². The first-order chi connectivity index (χ1) is 12.4. The van der Waals surface area contributed by atoms with Crippen LogP contribution in [0.4, 0.5) is 0 Å². The summed E-state index contributed by atoms with van der Waals surface area (Å²) in [6.45, 7) is 8.18. The average Bonchev–Trinajstić information content (AvgIpc) is 2.63. The van der Waals surface area contributed by atoms with Crippen molar-refractivity contribution in [1.29, 1.82) is 0 Å². The smallest absolute Gasteiger partial charge is 0.341 e. The highest BCUT2D eigenvalue weighted by Crippen LogP contribution is 2.30. The van der Waals surface area contributed by atoms with Crippen LogP contribution in [0.3, 0.4) is 0 Å². The number of aromatic nitrogens is 1. The average molecular weight is 372 g/mol. The van der Waals surface area contributed by atoms with Crippen molar-refractivity contribution in [2.45, 2.75) is 50.1 Å². The molecular weight excluding hydrogens is 348 g/mol. The van der Waals surface area contributed by atoms with Gasteiger partial charge in [-0.15, -0.1) is 0 Å². The molecule has 0 aliphatic heterocycles. The van der Waals surface area contributed by atoms with Gasteiger partial charge in [0.05, 0.1) is 5.56 Å². The molecule has 0 unspecified atom stereocenters. The van der Waals surface area contributed by atoms with E-state index in [0.29, 0.717) is 17.1 Å². The van der Waals surface area contributed by atoms with E-state index < -0.39 is 12.1 Å².